The molecular formula is C22H29Cl. The number of hydrogen-bond acceptors (Lipinski definition) is 0. The van der Waals surface area contributed by atoms with Crippen LogP contribution in [-0.2, 0) is 6.42 Å². The first-order chi connectivity index (χ1) is 11.0. The SMILES string of the molecule is CCC(C)C(CCc1ccc(Cl)cc1)c1ccccc1C(C)C. The molecule has 124 valence electrons. The number of aryl methyl sites for hydroxylation is 1. The van der Waals surface area contributed by atoms with Gasteiger partial charge in [0.1, 0.15) is 0 Å². The Morgan fingerprint density at radius 3 is 2.04 bits per heavy atom. The molecule has 0 aliphatic rings. The predicted octanol–water partition coefficient (Wildman–Crippen LogP) is 7.23. The topological polar surface area (TPSA) is 0 Å². The van der Waals surface area contributed by atoms with Gasteiger partial charge in [-0.25, -0.2) is 0 Å². The summed E-state index contributed by atoms with van der Waals surface area (Å²) in [6.45, 7) is 9.29. The molecule has 0 saturated heterocycles. The molecule has 2 aromatic rings. The minimum absolute atomic E-state index is 0.577. The molecule has 23 heavy (non-hydrogen) atoms. The van der Waals surface area contributed by atoms with E-state index in [-0.39, 0.29) is 0 Å². The average Bonchev–Trinajstić information content (AvgIpc) is 2.56. The molecule has 0 N–H and O–H groups in total. The van der Waals surface area contributed by atoms with Crippen molar-refractivity contribution < 1.29 is 0 Å². The minimum atomic E-state index is 0.577. The average molecular weight is 329 g/mol. The first-order valence-corrected chi connectivity index (χ1v) is 9.24. The van der Waals surface area contributed by atoms with E-state index in [4.69, 9.17) is 11.6 Å². The molecule has 0 radical (unpaired) electrons. The van der Waals surface area contributed by atoms with Crippen LogP contribution in [0.4, 0.5) is 0 Å². The summed E-state index contributed by atoms with van der Waals surface area (Å²) in [7, 11) is 0. The summed E-state index contributed by atoms with van der Waals surface area (Å²) in [6, 6.07) is 17.3. The molecule has 0 saturated carbocycles. The lowest BCUT2D eigenvalue weighted by molar-refractivity contribution is 0.419. The summed E-state index contributed by atoms with van der Waals surface area (Å²) in [5.74, 6) is 1.89. The van der Waals surface area contributed by atoms with E-state index in [1.54, 1.807) is 5.56 Å². The van der Waals surface area contributed by atoms with E-state index in [9.17, 15) is 0 Å². The second-order valence-corrected chi connectivity index (χ2v) is 7.38. The quantitative estimate of drug-likeness (QED) is 0.503. The molecule has 0 aromatic heterocycles. The zero-order valence-corrected chi connectivity index (χ0v) is 15.6. The van der Waals surface area contributed by atoms with Crippen LogP contribution in [-0.4, -0.2) is 0 Å². The Morgan fingerprint density at radius 2 is 1.48 bits per heavy atom. The summed E-state index contributed by atoms with van der Waals surface area (Å²) < 4.78 is 0. The summed E-state index contributed by atoms with van der Waals surface area (Å²) >= 11 is 6.00. The molecule has 0 fully saturated rings. The molecule has 0 heterocycles. The van der Waals surface area contributed by atoms with Crippen molar-refractivity contribution in [1.82, 2.24) is 0 Å². The Bertz CT molecular complexity index is 598. The van der Waals surface area contributed by atoms with Gasteiger partial charge in [-0.2, -0.15) is 0 Å². The fourth-order valence-corrected chi connectivity index (χ4v) is 3.50. The highest BCUT2D eigenvalue weighted by atomic mass is 35.5. The highest BCUT2D eigenvalue weighted by Gasteiger charge is 2.21. The van der Waals surface area contributed by atoms with Crippen LogP contribution in [0.5, 0.6) is 0 Å². The Labute approximate surface area is 146 Å². The summed E-state index contributed by atoms with van der Waals surface area (Å²) in [5, 5.41) is 0.817. The van der Waals surface area contributed by atoms with Crippen LogP contribution < -0.4 is 0 Å². The molecule has 0 bridgehead atoms. The fourth-order valence-electron chi connectivity index (χ4n) is 3.38. The Balaban J connectivity index is 2.22. The monoisotopic (exact) mass is 328 g/mol. The van der Waals surface area contributed by atoms with Crippen molar-refractivity contribution in [3.8, 4) is 0 Å². The van der Waals surface area contributed by atoms with Crippen LogP contribution in [0.2, 0.25) is 5.02 Å². The molecule has 0 nitrogen and oxygen atoms in total. The summed E-state index contributed by atoms with van der Waals surface area (Å²) in [5.41, 5.74) is 4.43. The molecule has 0 amide bonds. The smallest absolute Gasteiger partial charge is 0.0406 e. The maximum atomic E-state index is 6.00. The minimum Gasteiger partial charge on any atom is -0.0843 e. The van der Waals surface area contributed by atoms with E-state index in [2.05, 4.69) is 64.1 Å². The van der Waals surface area contributed by atoms with Crippen LogP contribution in [0, 0.1) is 5.92 Å². The van der Waals surface area contributed by atoms with Gasteiger partial charge in [0.15, 0.2) is 0 Å². The third-order valence-corrected chi connectivity index (χ3v) is 5.26. The van der Waals surface area contributed by atoms with Crippen molar-refractivity contribution in [3.63, 3.8) is 0 Å². The second kappa shape index (κ2) is 8.55. The van der Waals surface area contributed by atoms with E-state index in [1.807, 2.05) is 12.1 Å². The van der Waals surface area contributed by atoms with E-state index >= 15 is 0 Å². The molecule has 2 aromatic carbocycles. The van der Waals surface area contributed by atoms with Gasteiger partial charge < -0.3 is 0 Å². The van der Waals surface area contributed by atoms with E-state index in [0.717, 1.165) is 11.4 Å². The van der Waals surface area contributed by atoms with Gasteiger partial charge in [0, 0.05) is 5.02 Å². The largest absolute Gasteiger partial charge is 0.0843 e. The maximum absolute atomic E-state index is 6.00. The van der Waals surface area contributed by atoms with Gasteiger partial charge in [0.05, 0.1) is 0 Å². The summed E-state index contributed by atoms with van der Waals surface area (Å²) in [6.07, 6.45) is 3.52. The van der Waals surface area contributed by atoms with Crippen molar-refractivity contribution in [2.24, 2.45) is 5.92 Å². The summed E-state index contributed by atoms with van der Waals surface area (Å²) in [4.78, 5) is 0. The Morgan fingerprint density at radius 1 is 0.870 bits per heavy atom. The third kappa shape index (κ3) is 4.85. The van der Waals surface area contributed by atoms with Gasteiger partial charge in [-0.15, -0.1) is 0 Å². The first kappa shape index (κ1) is 18.1. The number of hydrogen-bond donors (Lipinski definition) is 0. The fraction of sp³-hybridized carbons (Fsp3) is 0.455. The van der Waals surface area contributed by atoms with E-state index in [1.165, 1.54) is 24.0 Å². The van der Waals surface area contributed by atoms with Crippen LogP contribution in [0.1, 0.15) is 69.1 Å². The van der Waals surface area contributed by atoms with Crippen LogP contribution in [0.15, 0.2) is 48.5 Å². The number of halogens is 1. The maximum Gasteiger partial charge on any atom is 0.0406 e. The predicted molar refractivity (Wildman–Crippen MR) is 103 cm³/mol. The van der Waals surface area contributed by atoms with Gasteiger partial charge in [0.2, 0.25) is 0 Å². The van der Waals surface area contributed by atoms with E-state index < -0.39 is 0 Å². The van der Waals surface area contributed by atoms with Crippen LogP contribution >= 0.6 is 11.6 Å². The lowest BCUT2D eigenvalue weighted by Crippen LogP contribution is -2.13. The van der Waals surface area contributed by atoms with Crippen molar-refractivity contribution in [2.45, 2.75) is 58.8 Å². The molecular weight excluding hydrogens is 300 g/mol. The van der Waals surface area contributed by atoms with Crippen molar-refractivity contribution >= 4 is 11.6 Å². The van der Waals surface area contributed by atoms with Gasteiger partial charge in [-0.3, -0.25) is 0 Å². The number of benzene rings is 2. The highest BCUT2D eigenvalue weighted by molar-refractivity contribution is 6.30. The van der Waals surface area contributed by atoms with Gasteiger partial charge in [0.25, 0.3) is 0 Å². The normalized spacial score (nSPS) is 14.0. The highest BCUT2D eigenvalue weighted by Crippen LogP contribution is 2.36. The van der Waals surface area contributed by atoms with Crippen molar-refractivity contribution in [1.29, 1.82) is 0 Å². The lowest BCUT2D eigenvalue weighted by atomic mass is 9.78. The van der Waals surface area contributed by atoms with E-state index in [0.29, 0.717) is 17.8 Å². The standard InChI is InChI=1S/C22H29Cl/c1-5-17(4)21(15-12-18-10-13-19(23)14-11-18)22-9-7-6-8-20(22)16(2)3/h6-11,13-14,16-17,21H,5,12,15H2,1-4H3. The van der Waals surface area contributed by atoms with Gasteiger partial charge in [-0.1, -0.05) is 82.1 Å². The van der Waals surface area contributed by atoms with Crippen molar-refractivity contribution in [3.05, 3.63) is 70.2 Å². The zero-order chi connectivity index (χ0) is 16.8. The molecule has 0 spiro atoms. The zero-order valence-electron chi connectivity index (χ0n) is 14.9. The van der Waals surface area contributed by atoms with Gasteiger partial charge in [-0.05, 0) is 59.4 Å². The molecule has 2 atom stereocenters. The van der Waals surface area contributed by atoms with Crippen LogP contribution in [0.3, 0.4) is 0 Å². The Hall–Kier alpha value is -1.27. The molecule has 2 unspecified atom stereocenters. The molecule has 0 aliphatic heterocycles. The third-order valence-electron chi connectivity index (χ3n) is 5.01. The van der Waals surface area contributed by atoms with Crippen LogP contribution in [0.25, 0.3) is 0 Å². The van der Waals surface area contributed by atoms with Gasteiger partial charge >= 0.3 is 0 Å². The van der Waals surface area contributed by atoms with Crippen molar-refractivity contribution in [2.75, 3.05) is 0 Å². The molecule has 1 heteroatoms. The molecule has 0 aliphatic carbocycles. The molecule has 2 rings (SSSR count). The first-order valence-electron chi connectivity index (χ1n) is 8.86. The second-order valence-electron chi connectivity index (χ2n) is 6.94. The number of rotatable bonds is 7. The lowest BCUT2D eigenvalue weighted by Gasteiger charge is -2.27. The Kier molecular flexibility index (Phi) is 6.72.